The van der Waals surface area contributed by atoms with E-state index in [1.54, 1.807) is 0 Å². The lowest BCUT2D eigenvalue weighted by atomic mass is 10.2. The SMILES string of the molecule is O=S(=O)(Cc1nc(-c2ccccc2)no1)CC1CCCO1. The second-order valence-electron chi connectivity index (χ2n) is 5.07. The molecule has 0 spiro atoms. The first kappa shape index (κ1) is 14.2. The molecule has 21 heavy (non-hydrogen) atoms. The van der Waals surface area contributed by atoms with E-state index in [-0.39, 0.29) is 23.5 Å². The van der Waals surface area contributed by atoms with E-state index < -0.39 is 9.84 Å². The topological polar surface area (TPSA) is 82.3 Å². The number of benzene rings is 1. The number of hydrogen-bond acceptors (Lipinski definition) is 6. The Morgan fingerprint density at radius 2 is 2.05 bits per heavy atom. The lowest BCUT2D eigenvalue weighted by Crippen LogP contribution is -2.21. The van der Waals surface area contributed by atoms with Gasteiger partial charge in [0.15, 0.2) is 9.84 Å². The van der Waals surface area contributed by atoms with Gasteiger partial charge in [-0.25, -0.2) is 8.42 Å². The minimum Gasteiger partial charge on any atom is -0.377 e. The molecule has 2 heterocycles. The third-order valence-electron chi connectivity index (χ3n) is 3.31. The summed E-state index contributed by atoms with van der Waals surface area (Å²) in [5.74, 6) is 0.285. The summed E-state index contributed by atoms with van der Waals surface area (Å²) in [7, 11) is -3.31. The van der Waals surface area contributed by atoms with Gasteiger partial charge >= 0.3 is 0 Å². The van der Waals surface area contributed by atoms with Crippen LogP contribution in [0.3, 0.4) is 0 Å². The van der Waals surface area contributed by atoms with Crippen LogP contribution in [0.5, 0.6) is 0 Å². The van der Waals surface area contributed by atoms with Gasteiger partial charge in [0, 0.05) is 12.2 Å². The van der Waals surface area contributed by atoms with E-state index in [2.05, 4.69) is 10.1 Å². The van der Waals surface area contributed by atoms with Crippen LogP contribution in [0.15, 0.2) is 34.9 Å². The highest BCUT2D eigenvalue weighted by Crippen LogP contribution is 2.18. The molecular weight excluding hydrogens is 292 g/mol. The Bertz CT molecular complexity index is 691. The third kappa shape index (κ3) is 3.68. The van der Waals surface area contributed by atoms with E-state index in [0.29, 0.717) is 12.4 Å². The molecule has 0 amide bonds. The fourth-order valence-electron chi connectivity index (χ4n) is 2.32. The molecule has 1 aliphatic heterocycles. The Hall–Kier alpha value is -1.73. The Kier molecular flexibility index (Phi) is 4.03. The summed E-state index contributed by atoms with van der Waals surface area (Å²) in [6.07, 6.45) is 1.50. The molecule has 112 valence electrons. The number of hydrogen-bond donors (Lipinski definition) is 0. The number of nitrogens with zero attached hydrogens (tertiary/aromatic N) is 2. The molecule has 0 N–H and O–H groups in total. The Balaban J connectivity index is 1.69. The van der Waals surface area contributed by atoms with Gasteiger partial charge in [0.25, 0.3) is 0 Å². The zero-order valence-electron chi connectivity index (χ0n) is 11.4. The monoisotopic (exact) mass is 308 g/mol. The van der Waals surface area contributed by atoms with Crippen molar-refractivity contribution in [3.63, 3.8) is 0 Å². The van der Waals surface area contributed by atoms with Crippen LogP contribution < -0.4 is 0 Å². The molecule has 1 saturated heterocycles. The maximum absolute atomic E-state index is 12.1. The van der Waals surface area contributed by atoms with E-state index >= 15 is 0 Å². The number of sulfone groups is 1. The molecular formula is C14H16N2O4S. The van der Waals surface area contributed by atoms with Crippen molar-refractivity contribution in [2.24, 2.45) is 0 Å². The van der Waals surface area contributed by atoms with Crippen molar-refractivity contribution in [2.45, 2.75) is 24.7 Å². The van der Waals surface area contributed by atoms with Gasteiger partial charge in [-0.05, 0) is 12.8 Å². The number of aromatic nitrogens is 2. The average molecular weight is 308 g/mol. The predicted molar refractivity (Wildman–Crippen MR) is 76.2 cm³/mol. The number of ether oxygens (including phenoxy) is 1. The molecule has 1 fully saturated rings. The van der Waals surface area contributed by atoms with Crippen LogP contribution in [0.4, 0.5) is 0 Å². The van der Waals surface area contributed by atoms with Crippen molar-refractivity contribution >= 4 is 9.84 Å². The molecule has 0 saturated carbocycles. The van der Waals surface area contributed by atoms with Gasteiger partial charge in [-0.15, -0.1) is 0 Å². The minimum atomic E-state index is -3.31. The van der Waals surface area contributed by atoms with E-state index in [9.17, 15) is 8.42 Å². The molecule has 1 aliphatic rings. The van der Waals surface area contributed by atoms with Crippen molar-refractivity contribution in [3.8, 4) is 11.4 Å². The van der Waals surface area contributed by atoms with Crippen LogP contribution in [0.1, 0.15) is 18.7 Å². The van der Waals surface area contributed by atoms with Crippen LogP contribution in [0.2, 0.25) is 0 Å². The van der Waals surface area contributed by atoms with Crippen LogP contribution >= 0.6 is 0 Å². The molecule has 7 heteroatoms. The van der Waals surface area contributed by atoms with Crippen LogP contribution in [-0.4, -0.2) is 37.0 Å². The zero-order valence-corrected chi connectivity index (χ0v) is 12.3. The standard InChI is InChI=1S/C14H16N2O4S/c17-21(18,9-12-7-4-8-19-12)10-13-15-14(16-20-13)11-5-2-1-3-6-11/h1-3,5-6,12H,4,7-10H2. The fraction of sp³-hybridized carbons (Fsp3) is 0.429. The summed E-state index contributed by atoms with van der Waals surface area (Å²) in [6, 6.07) is 9.29. The van der Waals surface area contributed by atoms with Crippen molar-refractivity contribution in [3.05, 3.63) is 36.2 Å². The second kappa shape index (κ2) is 5.95. The molecule has 1 aromatic carbocycles. The normalized spacial score (nSPS) is 19.0. The largest absolute Gasteiger partial charge is 0.377 e. The first-order valence-corrected chi connectivity index (χ1v) is 8.64. The Labute approximate surface area is 123 Å². The van der Waals surface area contributed by atoms with E-state index in [1.807, 2.05) is 30.3 Å². The van der Waals surface area contributed by atoms with Crippen LogP contribution in [0, 0.1) is 0 Å². The van der Waals surface area contributed by atoms with Crippen molar-refractivity contribution in [1.29, 1.82) is 0 Å². The summed E-state index contributed by atoms with van der Waals surface area (Å²) >= 11 is 0. The minimum absolute atomic E-state index is 0.00997. The van der Waals surface area contributed by atoms with Gasteiger partial charge in [-0.3, -0.25) is 0 Å². The fourth-order valence-corrected chi connectivity index (χ4v) is 3.76. The molecule has 0 radical (unpaired) electrons. The molecule has 6 nitrogen and oxygen atoms in total. The molecule has 0 aliphatic carbocycles. The smallest absolute Gasteiger partial charge is 0.242 e. The third-order valence-corrected chi connectivity index (χ3v) is 4.87. The van der Waals surface area contributed by atoms with Crippen molar-refractivity contribution in [2.75, 3.05) is 12.4 Å². The van der Waals surface area contributed by atoms with E-state index in [0.717, 1.165) is 18.4 Å². The molecule has 1 atom stereocenters. The van der Waals surface area contributed by atoms with Gasteiger partial charge in [0.05, 0.1) is 11.9 Å². The van der Waals surface area contributed by atoms with Gasteiger partial charge in [0.2, 0.25) is 11.7 Å². The summed E-state index contributed by atoms with van der Waals surface area (Å²) in [5, 5.41) is 3.82. The van der Waals surface area contributed by atoms with Crippen molar-refractivity contribution in [1.82, 2.24) is 10.1 Å². The predicted octanol–water partition coefficient (Wildman–Crippen LogP) is 1.83. The highest BCUT2D eigenvalue weighted by atomic mass is 32.2. The highest BCUT2D eigenvalue weighted by molar-refractivity contribution is 7.90. The van der Waals surface area contributed by atoms with Crippen molar-refractivity contribution < 1.29 is 17.7 Å². The first-order chi connectivity index (χ1) is 10.1. The van der Waals surface area contributed by atoms with Gasteiger partial charge in [-0.1, -0.05) is 35.5 Å². The Morgan fingerprint density at radius 3 is 2.76 bits per heavy atom. The van der Waals surface area contributed by atoms with Gasteiger partial charge < -0.3 is 9.26 Å². The second-order valence-corrected chi connectivity index (χ2v) is 7.18. The summed E-state index contributed by atoms with van der Waals surface area (Å²) in [6.45, 7) is 0.638. The van der Waals surface area contributed by atoms with Gasteiger partial charge in [-0.2, -0.15) is 4.98 Å². The maximum atomic E-state index is 12.1. The summed E-state index contributed by atoms with van der Waals surface area (Å²) in [5.41, 5.74) is 0.795. The van der Waals surface area contributed by atoms with Crippen LogP contribution in [0.25, 0.3) is 11.4 Å². The van der Waals surface area contributed by atoms with Crippen LogP contribution in [-0.2, 0) is 20.3 Å². The lowest BCUT2D eigenvalue weighted by molar-refractivity contribution is 0.127. The quantitative estimate of drug-likeness (QED) is 0.838. The average Bonchev–Trinajstić information content (AvgIpc) is 3.10. The molecule has 0 bridgehead atoms. The highest BCUT2D eigenvalue weighted by Gasteiger charge is 2.25. The molecule has 1 unspecified atom stereocenters. The lowest BCUT2D eigenvalue weighted by Gasteiger charge is -2.08. The Morgan fingerprint density at radius 1 is 1.24 bits per heavy atom. The van der Waals surface area contributed by atoms with Gasteiger partial charge in [0.1, 0.15) is 5.75 Å². The summed E-state index contributed by atoms with van der Waals surface area (Å²) < 4.78 is 34.6. The first-order valence-electron chi connectivity index (χ1n) is 6.82. The zero-order chi connectivity index (χ0) is 14.7. The summed E-state index contributed by atoms with van der Waals surface area (Å²) in [4.78, 5) is 4.14. The molecule has 1 aromatic heterocycles. The van der Waals surface area contributed by atoms with E-state index in [4.69, 9.17) is 9.26 Å². The number of rotatable bonds is 5. The van der Waals surface area contributed by atoms with E-state index in [1.165, 1.54) is 0 Å². The maximum Gasteiger partial charge on any atom is 0.242 e. The molecule has 2 aromatic rings. The molecule has 3 rings (SSSR count).